The molecule has 3 N–H and O–H groups in total. The first kappa shape index (κ1) is 29.3. The maximum absolute atomic E-state index is 13.5. The average Bonchev–Trinajstić information content (AvgIpc) is 3.50. The molecule has 1 heterocycles. The van der Waals surface area contributed by atoms with Crippen molar-refractivity contribution in [1.29, 1.82) is 0 Å². The van der Waals surface area contributed by atoms with E-state index in [1.165, 1.54) is 29.0 Å². The fourth-order valence-electron chi connectivity index (χ4n) is 8.84. The first-order valence-electron chi connectivity index (χ1n) is 14.4. The number of carbonyl (C=O) groups excluding carboxylic acids is 2. The zero-order chi connectivity index (χ0) is 30.0. The number of aromatic nitrogens is 1. The van der Waals surface area contributed by atoms with E-state index in [0.717, 1.165) is 24.1 Å². The van der Waals surface area contributed by atoms with Crippen LogP contribution >= 0.6 is 24.0 Å². The van der Waals surface area contributed by atoms with Gasteiger partial charge in [0.25, 0.3) is 0 Å². The maximum atomic E-state index is 13.5. The number of ether oxygens (including phenoxy) is 1. The highest BCUT2D eigenvalue weighted by molar-refractivity contribution is 7.96. The van der Waals surface area contributed by atoms with Crippen LogP contribution in [-0.2, 0) is 9.53 Å². The van der Waals surface area contributed by atoms with Gasteiger partial charge in [0.1, 0.15) is 10.7 Å². The van der Waals surface area contributed by atoms with Crippen molar-refractivity contribution in [3.8, 4) is 0 Å². The average molecular weight is 610 g/mol. The zero-order valence-corrected chi connectivity index (χ0v) is 25.7. The number of hydrogen-bond donors (Lipinski definition) is 3. The number of nitrogens with two attached hydrogens (primary N) is 1. The number of hydrogen-bond acceptors (Lipinski definition) is 8. The lowest BCUT2D eigenvalue weighted by molar-refractivity contribution is -0.174. The number of thiazole rings is 1. The molecule has 7 atom stereocenters. The van der Waals surface area contributed by atoms with Crippen LogP contribution < -0.4 is 5.73 Å². The highest BCUT2D eigenvalue weighted by atomic mass is 32.1. The van der Waals surface area contributed by atoms with Crippen LogP contribution in [0.5, 0.6) is 0 Å². The minimum Gasteiger partial charge on any atom is -0.445 e. The van der Waals surface area contributed by atoms with Crippen LogP contribution in [-0.4, -0.2) is 38.6 Å². The molecule has 1 aromatic heterocycles. The van der Waals surface area contributed by atoms with Crippen LogP contribution in [0.3, 0.4) is 0 Å². The van der Waals surface area contributed by atoms with Gasteiger partial charge in [-0.3, -0.25) is 4.79 Å². The number of aryl methyl sites for hydroxylation is 1. The van der Waals surface area contributed by atoms with E-state index in [9.17, 15) is 19.1 Å². The Hall–Kier alpha value is -2.82. The van der Waals surface area contributed by atoms with Gasteiger partial charge in [-0.05, 0) is 111 Å². The van der Waals surface area contributed by atoms with E-state index in [-0.39, 0.29) is 29.0 Å². The third-order valence-corrected chi connectivity index (χ3v) is 12.1. The highest BCUT2D eigenvalue weighted by Gasteiger charge is 2.70. The molecule has 7 nitrogen and oxygen atoms in total. The van der Waals surface area contributed by atoms with Crippen molar-refractivity contribution in [3.05, 3.63) is 69.6 Å². The molecule has 0 aliphatic heterocycles. The molecule has 0 spiro atoms. The Balaban J connectivity index is 1.34. The number of halogens is 1. The number of aliphatic imine (C=N–C) groups is 1. The number of nitrogens with zero attached hydrogens (tertiary/aromatic N) is 2. The Labute approximate surface area is 254 Å². The Bertz CT molecular complexity index is 1530. The molecule has 3 saturated carbocycles. The van der Waals surface area contributed by atoms with E-state index in [4.69, 9.17) is 15.5 Å². The van der Waals surface area contributed by atoms with Gasteiger partial charge in [-0.1, -0.05) is 19.4 Å². The van der Waals surface area contributed by atoms with Crippen LogP contribution in [0, 0.1) is 41.3 Å². The molecule has 0 amide bonds. The van der Waals surface area contributed by atoms with Crippen LogP contribution in [0.2, 0.25) is 0 Å². The van der Waals surface area contributed by atoms with Gasteiger partial charge in [0.15, 0.2) is 5.60 Å². The molecule has 4 aliphatic rings. The van der Waals surface area contributed by atoms with Crippen molar-refractivity contribution in [1.82, 2.24) is 4.98 Å². The summed E-state index contributed by atoms with van der Waals surface area (Å²) in [6.45, 7) is 5.95. The third-order valence-electron chi connectivity index (χ3n) is 10.8. The summed E-state index contributed by atoms with van der Waals surface area (Å²) in [6, 6.07) is 6.06. The number of aliphatic hydroxyl groups excluding tert-OH is 1. The summed E-state index contributed by atoms with van der Waals surface area (Å²) in [7, 11) is 0. The van der Waals surface area contributed by atoms with Gasteiger partial charge in [0, 0.05) is 5.41 Å². The minimum absolute atomic E-state index is 0.0651. The number of fused-ring (bicyclic) bond motifs is 5. The highest BCUT2D eigenvalue weighted by Crippen LogP contribution is 2.69. The third kappa shape index (κ3) is 4.32. The second kappa shape index (κ2) is 10.4. The van der Waals surface area contributed by atoms with Gasteiger partial charge in [-0.2, -0.15) is 0 Å². The van der Waals surface area contributed by atoms with E-state index < -0.39 is 28.2 Å². The predicted molar refractivity (Wildman–Crippen MR) is 163 cm³/mol. The molecule has 7 unspecified atom stereocenters. The van der Waals surface area contributed by atoms with Gasteiger partial charge in [0.2, 0.25) is 5.12 Å². The maximum Gasteiger partial charge on any atom is 0.351 e. The van der Waals surface area contributed by atoms with Crippen LogP contribution in [0.25, 0.3) is 0 Å². The fraction of sp³-hybridized carbons (Fsp3) is 0.500. The molecule has 4 aliphatic carbocycles. The first-order chi connectivity index (χ1) is 19.9. The Morgan fingerprint density at radius 2 is 2.00 bits per heavy atom. The smallest absolute Gasteiger partial charge is 0.351 e. The minimum atomic E-state index is -1.43. The summed E-state index contributed by atoms with van der Waals surface area (Å²) >= 11 is 5.49. The molecule has 0 bridgehead atoms. The van der Waals surface area contributed by atoms with Gasteiger partial charge in [-0.25, -0.2) is 19.2 Å². The van der Waals surface area contributed by atoms with Crippen molar-refractivity contribution < 1.29 is 23.8 Å². The van der Waals surface area contributed by atoms with Crippen molar-refractivity contribution in [2.24, 2.45) is 39.3 Å². The second-order valence-electron chi connectivity index (χ2n) is 12.8. The SMILES string of the molecule is Cc1ncsc1C(=O)OC1(C(=O)S)CCC2C3CCC4=CC(=Nc5ccc(F)cc5)C(=CN)CC4(C)C3C(O)CC21C. The van der Waals surface area contributed by atoms with Crippen LogP contribution in [0.15, 0.2) is 58.2 Å². The Kier molecular flexibility index (Phi) is 7.26. The molecule has 10 heteroatoms. The topological polar surface area (TPSA) is 115 Å². The number of carbonyl (C=O) groups is 2. The summed E-state index contributed by atoms with van der Waals surface area (Å²) in [5.41, 5.74) is 9.25. The summed E-state index contributed by atoms with van der Waals surface area (Å²) < 4.78 is 19.6. The number of esters is 1. The summed E-state index contributed by atoms with van der Waals surface area (Å²) in [4.78, 5) is 35.9. The summed E-state index contributed by atoms with van der Waals surface area (Å²) in [5.74, 6) is -0.759. The first-order valence-corrected chi connectivity index (χ1v) is 15.8. The van der Waals surface area contributed by atoms with Gasteiger partial charge >= 0.3 is 5.97 Å². The molecule has 3 fully saturated rings. The van der Waals surface area contributed by atoms with E-state index in [0.29, 0.717) is 41.9 Å². The zero-order valence-electron chi connectivity index (χ0n) is 24.0. The monoisotopic (exact) mass is 609 g/mol. The lowest BCUT2D eigenvalue weighted by Crippen LogP contribution is -2.62. The van der Waals surface area contributed by atoms with Crippen molar-refractivity contribution >= 4 is 46.4 Å². The van der Waals surface area contributed by atoms with Crippen molar-refractivity contribution in [2.45, 2.75) is 71.0 Å². The Morgan fingerprint density at radius 3 is 2.64 bits per heavy atom. The van der Waals surface area contributed by atoms with E-state index >= 15 is 0 Å². The quantitative estimate of drug-likeness (QED) is 0.285. The lowest BCUT2D eigenvalue weighted by atomic mass is 9.45. The molecule has 2 aromatic rings. The van der Waals surface area contributed by atoms with Crippen molar-refractivity contribution in [2.75, 3.05) is 0 Å². The number of aliphatic hydroxyl groups is 1. The normalized spacial score (nSPS) is 37.5. The molecule has 222 valence electrons. The number of thiol groups is 1. The van der Waals surface area contributed by atoms with Crippen LogP contribution in [0.4, 0.5) is 10.1 Å². The summed E-state index contributed by atoms with van der Waals surface area (Å²) in [5, 5.41) is 11.5. The molecule has 1 aromatic carbocycles. The fourth-order valence-corrected chi connectivity index (χ4v) is 9.93. The van der Waals surface area contributed by atoms with Gasteiger partial charge in [0.05, 0.1) is 28.7 Å². The number of benzene rings is 1. The standard InChI is InChI=1S/C32H36FN3O4S2/c1-17-27(42-16-35-17)28(38)40-32(29(39)41)11-10-23-22-9-4-19-12-24(36-21-7-5-20(33)6-8-21)18(15-34)13-30(19,2)26(22)25(37)14-31(23,32)3/h5-8,12,15-16,22-23,25-26,37H,4,9-11,13-14,34H2,1-3H3,(H,39,41). The molecular formula is C32H36FN3O4S2. The molecule has 0 saturated heterocycles. The van der Waals surface area contributed by atoms with Gasteiger partial charge in [-0.15, -0.1) is 24.0 Å². The van der Waals surface area contributed by atoms with E-state index in [1.54, 1.807) is 30.8 Å². The second-order valence-corrected chi connectivity index (χ2v) is 14.0. The van der Waals surface area contributed by atoms with Crippen molar-refractivity contribution in [3.63, 3.8) is 0 Å². The van der Waals surface area contributed by atoms with Crippen LogP contribution in [0.1, 0.15) is 67.7 Å². The van der Waals surface area contributed by atoms with E-state index in [2.05, 4.69) is 30.6 Å². The van der Waals surface area contributed by atoms with E-state index in [1.807, 2.05) is 6.92 Å². The predicted octanol–water partition coefficient (Wildman–Crippen LogP) is 6.10. The Morgan fingerprint density at radius 1 is 1.26 bits per heavy atom. The molecule has 0 radical (unpaired) electrons. The number of allylic oxidation sites excluding steroid dienone is 3. The lowest BCUT2D eigenvalue weighted by Gasteiger charge is -2.60. The summed E-state index contributed by atoms with van der Waals surface area (Å²) in [6.07, 6.45) is 6.63. The largest absolute Gasteiger partial charge is 0.445 e. The molecule has 6 rings (SSSR count). The molecular weight excluding hydrogens is 574 g/mol. The van der Waals surface area contributed by atoms with Gasteiger partial charge < -0.3 is 15.6 Å². The number of rotatable bonds is 4. The molecule has 42 heavy (non-hydrogen) atoms.